The van der Waals surface area contributed by atoms with Crippen LogP contribution in [0.3, 0.4) is 0 Å². The average molecular weight is 450 g/mol. The highest BCUT2D eigenvalue weighted by atomic mass is 32.2. The minimum atomic E-state index is -3.78. The molecule has 0 aliphatic heterocycles. The SMILES string of the molecule is COc1ccc(-c2nnc(SCC(=O)Nc3ccc(S(N)(=O)=O)cc3)o2)cc1OC. The molecule has 10 nitrogen and oxygen atoms in total. The number of primary sulfonamides is 1. The number of nitrogens with two attached hydrogens (primary N) is 1. The predicted octanol–water partition coefficient (Wildman–Crippen LogP) is 2.13. The number of ether oxygens (including phenoxy) is 2. The van der Waals surface area contributed by atoms with E-state index in [1.807, 2.05) is 0 Å². The number of nitrogens with one attached hydrogen (secondary N) is 1. The van der Waals surface area contributed by atoms with Crippen molar-refractivity contribution in [3.05, 3.63) is 42.5 Å². The quantitative estimate of drug-likeness (QED) is 0.493. The molecule has 0 atom stereocenters. The maximum Gasteiger partial charge on any atom is 0.277 e. The topological polar surface area (TPSA) is 147 Å². The average Bonchev–Trinajstić information content (AvgIpc) is 3.20. The van der Waals surface area contributed by atoms with E-state index in [9.17, 15) is 13.2 Å². The molecule has 30 heavy (non-hydrogen) atoms. The van der Waals surface area contributed by atoms with Crippen LogP contribution in [0.4, 0.5) is 5.69 Å². The van der Waals surface area contributed by atoms with Crippen LogP contribution >= 0.6 is 11.8 Å². The molecule has 0 saturated heterocycles. The van der Waals surface area contributed by atoms with Crippen LogP contribution < -0.4 is 19.9 Å². The molecule has 0 saturated carbocycles. The minimum Gasteiger partial charge on any atom is -0.493 e. The van der Waals surface area contributed by atoms with Gasteiger partial charge in [-0.2, -0.15) is 0 Å². The molecule has 12 heteroatoms. The Balaban J connectivity index is 1.59. The van der Waals surface area contributed by atoms with Crippen molar-refractivity contribution in [2.45, 2.75) is 10.1 Å². The highest BCUT2D eigenvalue weighted by Gasteiger charge is 2.14. The molecule has 158 valence electrons. The largest absolute Gasteiger partial charge is 0.493 e. The summed E-state index contributed by atoms with van der Waals surface area (Å²) in [6.45, 7) is 0. The van der Waals surface area contributed by atoms with Gasteiger partial charge in [-0.3, -0.25) is 4.79 Å². The van der Waals surface area contributed by atoms with Crippen LogP contribution in [0.5, 0.6) is 11.5 Å². The molecule has 0 bridgehead atoms. The summed E-state index contributed by atoms with van der Waals surface area (Å²) in [5.41, 5.74) is 1.08. The molecule has 0 fully saturated rings. The van der Waals surface area contributed by atoms with Crippen LogP contribution in [0.25, 0.3) is 11.5 Å². The molecule has 2 aromatic carbocycles. The van der Waals surface area contributed by atoms with E-state index in [1.165, 1.54) is 31.4 Å². The fourth-order valence-electron chi connectivity index (χ4n) is 2.41. The number of aromatic nitrogens is 2. The molecule has 0 unspecified atom stereocenters. The van der Waals surface area contributed by atoms with Gasteiger partial charge in [0, 0.05) is 11.3 Å². The first-order valence-corrected chi connectivity index (χ1v) is 10.9. The van der Waals surface area contributed by atoms with Gasteiger partial charge in [0.25, 0.3) is 5.22 Å². The van der Waals surface area contributed by atoms with E-state index in [1.54, 1.807) is 25.3 Å². The number of nitrogens with zero attached hydrogens (tertiary/aromatic N) is 2. The maximum absolute atomic E-state index is 12.1. The Morgan fingerprint density at radius 3 is 2.43 bits per heavy atom. The summed E-state index contributed by atoms with van der Waals surface area (Å²) in [6.07, 6.45) is 0. The van der Waals surface area contributed by atoms with Gasteiger partial charge in [0.1, 0.15) is 0 Å². The van der Waals surface area contributed by atoms with Crippen molar-refractivity contribution in [2.24, 2.45) is 5.14 Å². The first kappa shape index (κ1) is 21.6. The van der Waals surface area contributed by atoms with Crippen molar-refractivity contribution >= 4 is 33.4 Å². The number of rotatable bonds is 8. The van der Waals surface area contributed by atoms with Crippen molar-refractivity contribution in [3.8, 4) is 23.0 Å². The van der Waals surface area contributed by atoms with E-state index in [4.69, 9.17) is 19.0 Å². The summed E-state index contributed by atoms with van der Waals surface area (Å²) >= 11 is 1.06. The summed E-state index contributed by atoms with van der Waals surface area (Å²) in [5.74, 6) is 1.07. The third-order valence-electron chi connectivity index (χ3n) is 3.83. The number of carbonyl (C=O) groups excluding carboxylic acids is 1. The van der Waals surface area contributed by atoms with E-state index in [2.05, 4.69) is 15.5 Å². The maximum atomic E-state index is 12.1. The smallest absolute Gasteiger partial charge is 0.277 e. The van der Waals surface area contributed by atoms with E-state index in [0.717, 1.165) is 11.8 Å². The highest BCUT2D eigenvalue weighted by Crippen LogP contribution is 2.32. The van der Waals surface area contributed by atoms with Gasteiger partial charge in [0.2, 0.25) is 21.8 Å². The van der Waals surface area contributed by atoms with Crippen LogP contribution in [-0.4, -0.2) is 44.5 Å². The molecule has 0 radical (unpaired) electrons. The lowest BCUT2D eigenvalue weighted by molar-refractivity contribution is -0.113. The molecule has 3 N–H and O–H groups in total. The zero-order chi connectivity index (χ0) is 21.7. The number of sulfonamides is 1. The van der Waals surface area contributed by atoms with Crippen molar-refractivity contribution < 1.29 is 27.1 Å². The Hall–Kier alpha value is -3.09. The van der Waals surface area contributed by atoms with Crippen LogP contribution in [0.15, 0.2) is 57.0 Å². The lowest BCUT2D eigenvalue weighted by atomic mass is 10.2. The van der Waals surface area contributed by atoms with Gasteiger partial charge in [0.05, 0.1) is 24.9 Å². The van der Waals surface area contributed by atoms with E-state index in [-0.39, 0.29) is 27.7 Å². The first-order valence-electron chi connectivity index (χ1n) is 8.41. The van der Waals surface area contributed by atoms with Crippen molar-refractivity contribution in [1.82, 2.24) is 10.2 Å². The Bertz CT molecular complexity index is 1150. The van der Waals surface area contributed by atoms with Gasteiger partial charge in [-0.25, -0.2) is 13.6 Å². The second-order valence-corrected chi connectivity index (χ2v) is 8.34. The second kappa shape index (κ2) is 9.15. The molecule has 1 amide bonds. The summed E-state index contributed by atoms with van der Waals surface area (Å²) in [6, 6.07) is 10.7. The number of hydrogen-bond donors (Lipinski definition) is 2. The molecule has 1 aromatic heterocycles. The molecule has 3 rings (SSSR count). The third-order valence-corrected chi connectivity index (χ3v) is 5.58. The molecular formula is C18H18N4O6S2. The third kappa shape index (κ3) is 5.28. The van der Waals surface area contributed by atoms with Gasteiger partial charge in [0.15, 0.2) is 11.5 Å². The Labute approximate surface area is 176 Å². The fourth-order valence-corrected chi connectivity index (χ4v) is 3.48. The summed E-state index contributed by atoms with van der Waals surface area (Å²) in [7, 11) is -0.717. The molecule has 0 aliphatic rings. The fraction of sp³-hybridized carbons (Fsp3) is 0.167. The zero-order valence-corrected chi connectivity index (χ0v) is 17.6. The normalized spacial score (nSPS) is 11.2. The monoisotopic (exact) mass is 450 g/mol. The molecular weight excluding hydrogens is 432 g/mol. The number of hydrogen-bond acceptors (Lipinski definition) is 9. The number of thioether (sulfide) groups is 1. The van der Waals surface area contributed by atoms with Crippen molar-refractivity contribution in [2.75, 3.05) is 25.3 Å². The van der Waals surface area contributed by atoms with E-state index >= 15 is 0 Å². The number of carbonyl (C=O) groups is 1. The molecule has 0 aliphatic carbocycles. The number of amides is 1. The van der Waals surface area contributed by atoms with Gasteiger partial charge in [-0.1, -0.05) is 11.8 Å². The van der Waals surface area contributed by atoms with E-state index in [0.29, 0.717) is 22.7 Å². The van der Waals surface area contributed by atoms with Gasteiger partial charge >= 0.3 is 0 Å². The van der Waals surface area contributed by atoms with E-state index < -0.39 is 10.0 Å². The zero-order valence-electron chi connectivity index (χ0n) is 16.0. The van der Waals surface area contributed by atoms with Crippen LogP contribution in [0, 0.1) is 0 Å². The highest BCUT2D eigenvalue weighted by molar-refractivity contribution is 7.99. The minimum absolute atomic E-state index is 0.0184. The van der Waals surface area contributed by atoms with Crippen molar-refractivity contribution in [3.63, 3.8) is 0 Å². The van der Waals surface area contributed by atoms with Gasteiger partial charge in [-0.05, 0) is 42.5 Å². The summed E-state index contributed by atoms with van der Waals surface area (Å²) in [4.78, 5) is 12.1. The second-order valence-electron chi connectivity index (χ2n) is 5.85. The Morgan fingerprint density at radius 1 is 1.10 bits per heavy atom. The van der Waals surface area contributed by atoms with Crippen molar-refractivity contribution in [1.29, 1.82) is 0 Å². The lowest BCUT2D eigenvalue weighted by Gasteiger charge is -2.07. The Morgan fingerprint density at radius 2 is 1.80 bits per heavy atom. The molecule has 3 aromatic rings. The van der Waals surface area contributed by atoms with Crippen LogP contribution in [0.1, 0.15) is 0 Å². The standard InChI is InChI=1S/C18H18N4O6S2/c1-26-14-8-3-11(9-15(14)27-2)17-21-22-18(28-17)29-10-16(23)20-12-4-6-13(7-5-12)30(19,24)25/h3-9H,10H2,1-2H3,(H,20,23)(H2,19,24,25). The Kier molecular flexibility index (Phi) is 6.59. The summed E-state index contributed by atoms with van der Waals surface area (Å²) in [5, 5.41) is 15.8. The summed E-state index contributed by atoms with van der Waals surface area (Å²) < 4.78 is 38.5. The number of anilines is 1. The lowest BCUT2D eigenvalue weighted by Crippen LogP contribution is -2.15. The van der Waals surface area contributed by atoms with Crippen LogP contribution in [-0.2, 0) is 14.8 Å². The van der Waals surface area contributed by atoms with Gasteiger partial charge in [-0.15, -0.1) is 10.2 Å². The predicted molar refractivity (Wildman–Crippen MR) is 110 cm³/mol. The first-order chi connectivity index (χ1) is 14.3. The number of benzene rings is 2. The molecule has 0 spiro atoms. The number of methoxy groups -OCH3 is 2. The van der Waals surface area contributed by atoms with Crippen LogP contribution in [0.2, 0.25) is 0 Å². The van der Waals surface area contributed by atoms with Gasteiger partial charge < -0.3 is 19.2 Å². The molecule has 1 heterocycles.